The number of amides is 1. The molecule has 4 nitrogen and oxygen atoms in total. The number of hydrogen-bond acceptors (Lipinski definition) is 3. The number of para-hydroxylation sites is 2. The van der Waals surface area contributed by atoms with Crippen molar-refractivity contribution in [3.05, 3.63) is 72.3 Å². The van der Waals surface area contributed by atoms with Gasteiger partial charge in [0.05, 0.1) is 0 Å². The molecule has 1 aromatic heterocycles. The molecule has 0 spiro atoms. The van der Waals surface area contributed by atoms with Crippen LogP contribution < -0.4 is 10.1 Å². The van der Waals surface area contributed by atoms with Crippen LogP contribution in [0.15, 0.2) is 71.1 Å². The molecule has 0 saturated carbocycles. The number of rotatable bonds is 5. The lowest BCUT2D eigenvalue weighted by molar-refractivity contribution is -0.122. The zero-order valence-electron chi connectivity index (χ0n) is 16.2. The van der Waals surface area contributed by atoms with E-state index in [1.165, 1.54) is 0 Å². The van der Waals surface area contributed by atoms with E-state index in [9.17, 15) is 4.79 Å². The summed E-state index contributed by atoms with van der Waals surface area (Å²) in [6.45, 7) is 5.97. The summed E-state index contributed by atoms with van der Waals surface area (Å²) >= 11 is 0. The number of carbonyl (C=O) groups excluding carboxylic acids is 1. The van der Waals surface area contributed by atoms with Crippen LogP contribution in [-0.2, 0) is 4.79 Å². The van der Waals surface area contributed by atoms with Crippen molar-refractivity contribution in [2.75, 3.05) is 5.32 Å². The van der Waals surface area contributed by atoms with Crippen LogP contribution in [-0.4, -0.2) is 12.0 Å². The van der Waals surface area contributed by atoms with Crippen molar-refractivity contribution in [1.29, 1.82) is 0 Å². The van der Waals surface area contributed by atoms with Gasteiger partial charge in [-0.3, -0.25) is 4.79 Å². The normalized spacial score (nSPS) is 12.4. The van der Waals surface area contributed by atoms with E-state index in [1.54, 1.807) is 6.92 Å². The highest BCUT2D eigenvalue weighted by Crippen LogP contribution is 2.31. The average Bonchev–Trinajstić information content (AvgIpc) is 3.06. The SMILES string of the molecule is CC(C)c1ccccc1O[C@H](C)C(=O)Nc1ccc2c(c1)oc1ccccc12. The predicted molar refractivity (Wildman–Crippen MR) is 113 cm³/mol. The van der Waals surface area contributed by atoms with Crippen LogP contribution in [0.2, 0.25) is 0 Å². The van der Waals surface area contributed by atoms with Gasteiger partial charge in [-0.05, 0) is 42.7 Å². The molecule has 142 valence electrons. The van der Waals surface area contributed by atoms with E-state index in [-0.39, 0.29) is 5.91 Å². The van der Waals surface area contributed by atoms with Crippen LogP contribution in [0.5, 0.6) is 5.75 Å². The van der Waals surface area contributed by atoms with Crippen LogP contribution in [0.4, 0.5) is 5.69 Å². The first-order valence-corrected chi connectivity index (χ1v) is 9.50. The number of ether oxygens (including phenoxy) is 1. The van der Waals surface area contributed by atoms with Gasteiger partial charge in [0.1, 0.15) is 16.9 Å². The monoisotopic (exact) mass is 373 g/mol. The van der Waals surface area contributed by atoms with Crippen molar-refractivity contribution in [3.63, 3.8) is 0 Å². The molecule has 28 heavy (non-hydrogen) atoms. The van der Waals surface area contributed by atoms with Crippen LogP contribution in [0.3, 0.4) is 0 Å². The largest absolute Gasteiger partial charge is 0.481 e. The lowest BCUT2D eigenvalue weighted by atomic mass is 10.0. The first-order valence-electron chi connectivity index (χ1n) is 9.50. The number of nitrogens with one attached hydrogen (secondary N) is 1. The number of benzene rings is 3. The van der Waals surface area contributed by atoms with E-state index in [4.69, 9.17) is 9.15 Å². The topological polar surface area (TPSA) is 51.5 Å². The van der Waals surface area contributed by atoms with Crippen LogP contribution in [0.25, 0.3) is 21.9 Å². The molecule has 0 aliphatic rings. The minimum absolute atomic E-state index is 0.200. The summed E-state index contributed by atoms with van der Waals surface area (Å²) in [5.41, 5.74) is 3.36. The molecule has 1 amide bonds. The Balaban J connectivity index is 1.52. The Hall–Kier alpha value is -3.27. The first-order chi connectivity index (χ1) is 13.5. The summed E-state index contributed by atoms with van der Waals surface area (Å²) in [4.78, 5) is 12.6. The molecule has 0 aliphatic carbocycles. The highest BCUT2D eigenvalue weighted by atomic mass is 16.5. The van der Waals surface area contributed by atoms with Gasteiger partial charge in [0, 0.05) is 22.5 Å². The van der Waals surface area contributed by atoms with Crippen molar-refractivity contribution in [1.82, 2.24) is 0 Å². The number of furan rings is 1. The maximum absolute atomic E-state index is 12.6. The molecule has 0 unspecified atom stereocenters. The number of carbonyl (C=O) groups is 1. The molecule has 0 aliphatic heterocycles. The maximum Gasteiger partial charge on any atom is 0.265 e. The molecule has 1 N–H and O–H groups in total. The van der Waals surface area contributed by atoms with Crippen molar-refractivity contribution in [2.45, 2.75) is 32.8 Å². The Morgan fingerprint density at radius 3 is 2.43 bits per heavy atom. The molecule has 3 aromatic carbocycles. The van der Waals surface area contributed by atoms with Gasteiger partial charge in [0.15, 0.2) is 6.10 Å². The van der Waals surface area contributed by atoms with Gasteiger partial charge in [0.2, 0.25) is 0 Å². The first kappa shape index (κ1) is 18.1. The van der Waals surface area contributed by atoms with Crippen LogP contribution >= 0.6 is 0 Å². The Labute approximate surface area is 164 Å². The maximum atomic E-state index is 12.6. The fraction of sp³-hybridized carbons (Fsp3) is 0.208. The number of hydrogen-bond donors (Lipinski definition) is 1. The number of fused-ring (bicyclic) bond motifs is 3. The van der Waals surface area contributed by atoms with Gasteiger partial charge >= 0.3 is 0 Å². The van der Waals surface area contributed by atoms with E-state index < -0.39 is 6.10 Å². The molecule has 0 fully saturated rings. The fourth-order valence-electron chi connectivity index (χ4n) is 3.36. The Morgan fingerprint density at radius 2 is 1.61 bits per heavy atom. The lowest BCUT2D eigenvalue weighted by Gasteiger charge is -2.18. The van der Waals surface area contributed by atoms with Gasteiger partial charge in [-0.1, -0.05) is 50.2 Å². The average molecular weight is 373 g/mol. The molecule has 1 atom stereocenters. The molecule has 4 heteroatoms. The summed E-state index contributed by atoms with van der Waals surface area (Å²) in [6.07, 6.45) is -0.619. The highest BCUT2D eigenvalue weighted by Gasteiger charge is 2.18. The predicted octanol–water partition coefficient (Wildman–Crippen LogP) is 6.12. The van der Waals surface area contributed by atoms with Gasteiger partial charge in [-0.15, -0.1) is 0 Å². The smallest absolute Gasteiger partial charge is 0.265 e. The molecule has 0 bridgehead atoms. The third-order valence-electron chi connectivity index (χ3n) is 4.86. The van der Waals surface area contributed by atoms with Crippen LogP contribution in [0, 0.1) is 0 Å². The lowest BCUT2D eigenvalue weighted by Crippen LogP contribution is -2.30. The molecular formula is C24H23NO3. The van der Waals surface area contributed by atoms with Gasteiger partial charge < -0.3 is 14.5 Å². The van der Waals surface area contributed by atoms with Crippen LogP contribution in [0.1, 0.15) is 32.3 Å². The van der Waals surface area contributed by atoms with Gasteiger partial charge in [-0.2, -0.15) is 0 Å². The van der Waals surface area contributed by atoms with Crippen molar-refractivity contribution >= 4 is 33.5 Å². The zero-order chi connectivity index (χ0) is 19.7. The van der Waals surface area contributed by atoms with E-state index in [0.717, 1.165) is 33.3 Å². The van der Waals surface area contributed by atoms with Crippen molar-refractivity contribution in [2.24, 2.45) is 0 Å². The molecule has 4 rings (SSSR count). The summed E-state index contributed by atoms with van der Waals surface area (Å²) < 4.78 is 11.8. The summed E-state index contributed by atoms with van der Waals surface area (Å²) in [7, 11) is 0. The molecule has 4 aromatic rings. The third kappa shape index (κ3) is 3.46. The molecular weight excluding hydrogens is 350 g/mol. The second-order valence-electron chi connectivity index (χ2n) is 7.25. The minimum Gasteiger partial charge on any atom is -0.481 e. The summed E-state index contributed by atoms with van der Waals surface area (Å²) in [6, 6.07) is 21.4. The standard InChI is InChI=1S/C24H23NO3/c1-15(2)18-8-4-6-10-21(18)27-16(3)24(26)25-17-12-13-20-19-9-5-7-11-22(19)28-23(20)14-17/h4-16H,1-3H3,(H,25,26)/t16-/m1/s1. The molecule has 0 radical (unpaired) electrons. The van der Waals surface area contributed by atoms with E-state index in [2.05, 4.69) is 19.2 Å². The Kier molecular flexibility index (Phi) is 4.78. The van der Waals surface area contributed by atoms with Crippen molar-refractivity contribution in [3.8, 4) is 5.75 Å². The highest BCUT2D eigenvalue weighted by molar-refractivity contribution is 6.06. The Bertz CT molecular complexity index is 1140. The second kappa shape index (κ2) is 7.39. The zero-order valence-corrected chi connectivity index (χ0v) is 16.2. The van der Waals surface area contributed by atoms with E-state index in [1.807, 2.05) is 66.7 Å². The molecule has 0 saturated heterocycles. The van der Waals surface area contributed by atoms with E-state index in [0.29, 0.717) is 11.6 Å². The Morgan fingerprint density at radius 1 is 0.893 bits per heavy atom. The minimum atomic E-state index is -0.619. The molecule has 1 heterocycles. The fourth-order valence-corrected chi connectivity index (χ4v) is 3.36. The van der Waals surface area contributed by atoms with Gasteiger partial charge in [-0.25, -0.2) is 0 Å². The third-order valence-corrected chi connectivity index (χ3v) is 4.86. The van der Waals surface area contributed by atoms with E-state index >= 15 is 0 Å². The quantitative estimate of drug-likeness (QED) is 0.459. The van der Waals surface area contributed by atoms with Crippen molar-refractivity contribution < 1.29 is 13.9 Å². The summed E-state index contributed by atoms with van der Waals surface area (Å²) in [5, 5.41) is 5.02. The summed E-state index contributed by atoms with van der Waals surface area (Å²) in [5.74, 6) is 0.865. The van der Waals surface area contributed by atoms with Gasteiger partial charge in [0.25, 0.3) is 5.91 Å². The second-order valence-corrected chi connectivity index (χ2v) is 7.25. The number of anilines is 1.